The van der Waals surface area contributed by atoms with Gasteiger partial charge in [0.15, 0.2) is 0 Å². The van der Waals surface area contributed by atoms with E-state index < -0.39 is 5.41 Å². The molecule has 3 heteroatoms. The van der Waals surface area contributed by atoms with Crippen molar-refractivity contribution in [2.45, 2.75) is 18.9 Å². The molecule has 2 rings (SSSR count). The minimum absolute atomic E-state index is 0.498. The molecule has 0 N–H and O–H groups in total. The number of rotatable bonds is 6. The van der Waals surface area contributed by atoms with E-state index >= 15 is 0 Å². The van der Waals surface area contributed by atoms with Crippen LogP contribution in [-0.4, -0.2) is 24.8 Å². The fourth-order valence-electron chi connectivity index (χ4n) is 2.53. The zero-order chi connectivity index (χ0) is 15.3. The molecular formula is C18H20ClNO. The van der Waals surface area contributed by atoms with Crippen LogP contribution in [0.2, 0.25) is 5.02 Å². The number of aldehydes is 1. The first-order valence-corrected chi connectivity index (χ1v) is 7.36. The first kappa shape index (κ1) is 15.7. The number of likely N-dealkylation sites (N-methyl/N-ethyl adjacent to an activating group) is 1. The van der Waals surface area contributed by atoms with Crippen molar-refractivity contribution >= 4 is 17.9 Å². The van der Waals surface area contributed by atoms with Gasteiger partial charge in [-0.2, -0.15) is 0 Å². The van der Waals surface area contributed by atoms with Gasteiger partial charge in [-0.3, -0.25) is 0 Å². The molecule has 2 aromatic rings. The summed E-state index contributed by atoms with van der Waals surface area (Å²) >= 11 is 5.90. The highest BCUT2D eigenvalue weighted by Crippen LogP contribution is 2.23. The normalized spacial score (nSPS) is 13.9. The Bertz CT molecular complexity index is 582. The maximum Gasteiger partial charge on any atom is 0.131 e. The third-order valence-corrected chi connectivity index (χ3v) is 3.91. The Kier molecular flexibility index (Phi) is 5.16. The lowest BCUT2D eigenvalue weighted by Gasteiger charge is -2.29. The van der Waals surface area contributed by atoms with Crippen molar-refractivity contribution in [1.29, 1.82) is 0 Å². The van der Waals surface area contributed by atoms with E-state index in [1.807, 2.05) is 68.6 Å². The monoisotopic (exact) mass is 301 g/mol. The van der Waals surface area contributed by atoms with Gasteiger partial charge in [0.05, 0.1) is 5.41 Å². The lowest BCUT2D eigenvalue weighted by Crippen LogP contribution is -2.37. The number of carbonyl (C=O) groups is 1. The van der Waals surface area contributed by atoms with Crippen LogP contribution < -0.4 is 0 Å². The fourth-order valence-corrected chi connectivity index (χ4v) is 2.66. The van der Waals surface area contributed by atoms with Gasteiger partial charge in [-0.05, 0) is 37.2 Å². The lowest BCUT2D eigenvalue weighted by atomic mass is 9.83. The Balaban J connectivity index is 2.07. The summed E-state index contributed by atoms with van der Waals surface area (Å²) in [5.41, 5.74) is 1.73. The highest BCUT2D eigenvalue weighted by atomic mass is 35.5. The number of halogens is 1. The Labute approximate surface area is 131 Å². The molecule has 1 atom stereocenters. The summed E-state index contributed by atoms with van der Waals surface area (Å²) in [6.07, 6.45) is 1.04. The summed E-state index contributed by atoms with van der Waals surface area (Å²) in [5.74, 6) is 0. The van der Waals surface area contributed by atoms with Gasteiger partial charge in [0.25, 0.3) is 0 Å². The maximum absolute atomic E-state index is 11.6. The highest BCUT2D eigenvalue weighted by Gasteiger charge is 2.27. The van der Waals surface area contributed by atoms with Crippen molar-refractivity contribution in [3.63, 3.8) is 0 Å². The maximum atomic E-state index is 11.6. The third-order valence-electron chi connectivity index (χ3n) is 3.66. The second-order valence-corrected chi connectivity index (χ2v) is 6.14. The smallest absolute Gasteiger partial charge is 0.131 e. The van der Waals surface area contributed by atoms with Gasteiger partial charge >= 0.3 is 0 Å². The molecule has 0 aliphatic heterocycles. The van der Waals surface area contributed by atoms with Crippen LogP contribution in [-0.2, 0) is 16.8 Å². The number of carbonyl (C=O) groups excluding carboxylic acids is 1. The molecule has 2 aromatic carbocycles. The first-order valence-electron chi connectivity index (χ1n) is 6.98. The molecule has 0 amide bonds. The largest absolute Gasteiger partial charge is 0.302 e. The Morgan fingerprint density at radius 2 is 1.71 bits per heavy atom. The van der Waals surface area contributed by atoms with E-state index in [0.29, 0.717) is 6.54 Å². The van der Waals surface area contributed by atoms with Gasteiger partial charge in [0, 0.05) is 18.1 Å². The molecule has 21 heavy (non-hydrogen) atoms. The van der Waals surface area contributed by atoms with E-state index in [1.54, 1.807) is 0 Å². The van der Waals surface area contributed by atoms with Crippen molar-refractivity contribution in [2.75, 3.05) is 13.6 Å². The molecule has 2 nitrogen and oxygen atoms in total. The molecule has 0 heterocycles. The van der Waals surface area contributed by atoms with E-state index in [1.165, 1.54) is 5.56 Å². The SMILES string of the molecule is CN(Cc1ccc(Cl)cc1)CC(C)(C=O)c1ccccc1. The molecule has 110 valence electrons. The molecular weight excluding hydrogens is 282 g/mol. The Hall–Kier alpha value is -1.64. The quantitative estimate of drug-likeness (QED) is 0.754. The van der Waals surface area contributed by atoms with Gasteiger partial charge in [-0.1, -0.05) is 54.1 Å². The number of hydrogen-bond acceptors (Lipinski definition) is 2. The highest BCUT2D eigenvalue weighted by molar-refractivity contribution is 6.30. The van der Waals surface area contributed by atoms with Crippen LogP contribution in [0.1, 0.15) is 18.1 Å². The zero-order valence-corrected chi connectivity index (χ0v) is 13.2. The molecule has 0 bridgehead atoms. The fraction of sp³-hybridized carbons (Fsp3) is 0.278. The topological polar surface area (TPSA) is 20.3 Å². The summed E-state index contributed by atoms with van der Waals surface area (Å²) in [4.78, 5) is 13.8. The summed E-state index contributed by atoms with van der Waals surface area (Å²) < 4.78 is 0. The third kappa shape index (κ3) is 4.16. The van der Waals surface area contributed by atoms with Crippen LogP contribution in [0.5, 0.6) is 0 Å². The second kappa shape index (κ2) is 6.88. The van der Waals surface area contributed by atoms with Crippen LogP contribution in [0.25, 0.3) is 0 Å². The van der Waals surface area contributed by atoms with Crippen LogP contribution in [0.3, 0.4) is 0 Å². The molecule has 0 radical (unpaired) electrons. The van der Waals surface area contributed by atoms with Crippen LogP contribution in [0.15, 0.2) is 54.6 Å². The molecule has 0 aliphatic carbocycles. The predicted molar refractivity (Wildman–Crippen MR) is 87.6 cm³/mol. The average Bonchev–Trinajstić information content (AvgIpc) is 2.50. The summed E-state index contributed by atoms with van der Waals surface area (Å²) in [5, 5.41) is 0.739. The number of hydrogen-bond donors (Lipinski definition) is 0. The van der Waals surface area contributed by atoms with Crippen LogP contribution >= 0.6 is 11.6 Å². The first-order chi connectivity index (χ1) is 10.0. The van der Waals surface area contributed by atoms with Gasteiger partial charge < -0.3 is 9.69 Å². The molecule has 0 saturated carbocycles. The molecule has 0 aromatic heterocycles. The Morgan fingerprint density at radius 1 is 1.10 bits per heavy atom. The lowest BCUT2D eigenvalue weighted by molar-refractivity contribution is -0.112. The minimum Gasteiger partial charge on any atom is -0.302 e. The van der Waals surface area contributed by atoms with E-state index in [4.69, 9.17) is 11.6 Å². The molecule has 0 spiro atoms. The van der Waals surface area contributed by atoms with Crippen molar-refractivity contribution < 1.29 is 4.79 Å². The average molecular weight is 302 g/mol. The predicted octanol–water partition coefficient (Wildman–Crippen LogP) is 3.93. The van der Waals surface area contributed by atoms with Gasteiger partial charge in [-0.15, -0.1) is 0 Å². The summed E-state index contributed by atoms with van der Waals surface area (Å²) in [6, 6.07) is 17.7. The van der Waals surface area contributed by atoms with Crippen molar-refractivity contribution in [3.05, 3.63) is 70.7 Å². The van der Waals surface area contributed by atoms with E-state index in [0.717, 1.165) is 23.4 Å². The van der Waals surface area contributed by atoms with Crippen molar-refractivity contribution in [2.24, 2.45) is 0 Å². The van der Waals surface area contributed by atoms with Crippen molar-refractivity contribution in [1.82, 2.24) is 4.90 Å². The summed E-state index contributed by atoms with van der Waals surface area (Å²) in [6.45, 7) is 3.43. The van der Waals surface area contributed by atoms with Crippen LogP contribution in [0.4, 0.5) is 0 Å². The van der Waals surface area contributed by atoms with E-state index in [9.17, 15) is 4.79 Å². The zero-order valence-electron chi connectivity index (χ0n) is 12.4. The molecule has 1 unspecified atom stereocenters. The summed E-state index contributed by atoms with van der Waals surface area (Å²) in [7, 11) is 2.03. The van der Waals surface area contributed by atoms with Gasteiger partial charge in [0.2, 0.25) is 0 Å². The van der Waals surface area contributed by atoms with Gasteiger partial charge in [-0.25, -0.2) is 0 Å². The standard InChI is InChI=1S/C18H20ClNO/c1-18(14-21,16-6-4-3-5-7-16)13-20(2)12-15-8-10-17(19)11-9-15/h3-11,14H,12-13H2,1-2H3. The van der Waals surface area contributed by atoms with E-state index in [2.05, 4.69) is 4.90 Å². The second-order valence-electron chi connectivity index (χ2n) is 5.70. The van der Waals surface area contributed by atoms with Gasteiger partial charge in [0.1, 0.15) is 6.29 Å². The molecule has 0 fully saturated rings. The number of benzene rings is 2. The Morgan fingerprint density at radius 3 is 2.29 bits per heavy atom. The molecule has 0 aliphatic rings. The van der Waals surface area contributed by atoms with Crippen molar-refractivity contribution in [3.8, 4) is 0 Å². The number of nitrogens with zero attached hydrogens (tertiary/aromatic N) is 1. The molecule has 0 saturated heterocycles. The van der Waals surface area contributed by atoms with Crippen LogP contribution in [0, 0.1) is 0 Å². The minimum atomic E-state index is -0.498. The van der Waals surface area contributed by atoms with E-state index in [-0.39, 0.29) is 0 Å².